The molecule has 9 heteroatoms. The van der Waals surface area contributed by atoms with E-state index in [9.17, 15) is 19.2 Å². The maximum Gasteiger partial charge on any atom is 0.407 e. The number of nitrogens with one attached hydrogen (secondary N) is 3. The molecule has 232 valence electrons. The van der Waals surface area contributed by atoms with Gasteiger partial charge in [0.15, 0.2) is 0 Å². The summed E-state index contributed by atoms with van der Waals surface area (Å²) < 4.78 is 10.7. The van der Waals surface area contributed by atoms with Gasteiger partial charge in [0.1, 0.15) is 12.2 Å². The van der Waals surface area contributed by atoms with Gasteiger partial charge in [0, 0.05) is 37.4 Å². The molecule has 1 rings (SSSR count). The summed E-state index contributed by atoms with van der Waals surface area (Å²) in [5.74, 6) is -0.00876. The summed E-state index contributed by atoms with van der Waals surface area (Å²) in [4.78, 5) is 49.6. The monoisotopic (exact) mass is 575 g/mol. The SMILES string of the molecule is CC(C)C[C@@H](CCC(=O)OCc1ccccc1)NC(=O)CC[C@H](C)NC(=O)CC[C@@H](NC(=O)OC(C)(C)C)C(C)C. The highest BCUT2D eigenvalue weighted by molar-refractivity contribution is 5.78. The van der Waals surface area contributed by atoms with Crippen LogP contribution in [-0.4, -0.2) is 47.6 Å². The highest BCUT2D eigenvalue weighted by Crippen LogP contribution is 2.14. The van der Waals surface area contributed by atoms with E-state index in [2.05, 4.69) is 29.8 Å². The molecule has 41 heavy (non-hydrogen) atoms. The summed E-state index contributed by atoms with van der Waals surface area (Å²) in [5, 5.41) is 8.87. The fraction of sp³-hybridized carbons (Fsp3) is 0.688. The van der Waals surface area contributed by atoms with E-state index in [1.54, 1.807) is 20.8 Å². The van der Waals surface area contributed by atoms with Crippen LogP contribution in [0.15, 0.2) is 30.3 Å². The molecule has 9 nitrogen and oxygen atoms in total. The zero-order valence-electron chi connectivity index (χ0n) is 26.4. The van der Waals surface area contributed by atoms with Gasteiger partial charge in [0.05, 0.1) is 0 Å². The Labute approximate surface area is 246 Å². The number of hydrogen-bond donors (Lipinski definition) is 3. The van der Waals surface area contributed by atoms with Crippen LogP contribution in [-0.2, 0) is 30.5 Å². The second-order valence-electron chi connectivity index (χ2n) is 12.6. The lowest BCUT2D eigenvalue weighted by Gasteiger charge is -2.26. The molecule has 1 aromatic carbocycles. The van der Waals surface area contributed by atoms with Crippen molar-refractivity contribution in [2.24, 2.45) is 11.8 Å². The second-order valence-corrected chi connectivity index (χ2v) is 12.6. The van der Waals surface area contributed by atoms with Gasteiger partial charge in [-0.25, -0.2) is 4.79 Å². The van der Waals surface area contributed by atoms with Crippen molar-refractivity contribution in [3.05, 3.63) is 35.9 Å². The molecule has 0 aliphatic heterocycles. The molecule has 0 aliphatic rings. The fourth-order valence-electron chi connectivity index (χ4n) is 4.30. The Morgan fingerprint density at radius 3 is 1.98 bits per heavy atom. The number of alkyl carbamates (subject to hydrolysis) is 1. The first kappa shape index (κ1) is 35.9. The first-order chi connectivity index (χ1) is 19.1. The largest absolute Gasteiger partial charge is 0.461 e. The Kier molecular flexibility index (Phi) is 16.1. The predicted molar refractivity (Wildman–Crippen MR) is 161 cm³/mol. The molecule has 0 bridgehead atoms. The molecule has 0 saturated heterocycles. The van der Waals surface area contributed by atoms with Gasteiger partial charge in [-0.05, 0) is 70.8 Å². The van der Waals surface area contributed by atoms with Crippen LogP contribution in [0.2, 0.25) is 0 Å². The molecular weight excluding hydrogens is 522 g/mol. The van der Waals surface area contributed by atoms with Crippen LogP contribution in [0, 0.1) is 11.8 Å². The molecule has 0 radical (unpaired) electrons. The highest BCUT2D eigenvalue weighted by Gasteiger charge is 2.23. The van der Waals surface area contributed by atoms with Gasteiger partial charge in [-0.15, -0.1) is 0 Å². The van der Waals surface area contributed by atoms with Crippen molar-refractivity contribution < 1.29 is 28.7 Å². The summed E-state index contributed by atoms with van der Waals surface area (Å²) in [6.07, 6.45) is 2.52. The number of carbonyl (C=O) groups is 4. The number of carbonyl (C=O) groups excluding carboxylic acids is 4. The third-order valence-corrected chi connectivity index (χ3v) is 6.46. The van der Waals surface area contributed by atoms with E-state index in [1.807, 2.05) is 51.1 Å². The van der Waals surface area contributed by atoms with E-state index in [1.165, 1.54) is 0 Å². The number of ether oxygens (including phenoxy) is 2. The lowest BCUT2D eigenvalue weighted by atomic mass is 9.99. The Morgan fingerprint density at radius 1 is 0.780 bits per heavy atom. The van der Waals surface area contributed by atoms with Crippen molar-refractivity contribution >= 4 is 23.9 Å². The highest BCUT2D eigenvalue weighted by atomic mass is 16.6. The Morgan fingerprint density at radius 2 is 1.39 bits per heavy atom. The van der Waals surface area contributed by atoms with E-state index < -0.39 is 11.7 Å². The van der Waals surface area contributed by atoms with Crippen molar-refractivity contribution in [1.82, 2.24) is 16.0 Å². The van der Waals surface area contributed by atoms with Crippen LogP contribution in [0.25, 0.3) is 0 Å². The molecule has 0 aliphatic carbocycles. The third-order valence-electron chi connectivity index (χ3n) is 6.46. The molecule has 3 atom stereocenters. The molecule has 0 unspecified atom stereocenters. The summed E-state index contributed by atoms with van der Waals surface area (Å²) in [6, 6.07) is 9.04. The van der Waals surface area contributed by atoms with Crippen LogP contribution < -0.4 is 16.0 Å². The maximum atomic E-state index is 12.7. The van der Waals surface area contributed by atoms with E-state index in [-0.39, 0.29) is 67.7 Å². The second kappa shape index (κ2) is 18.4. The van der Waals surface area contributed by atoms with Crippen molar-refractivity contribution in [3.8, 4) is 0 Å². The van der Waals surface area contributed by atoms with Gasteiger partial charge in [0.25, 0.3) is 0 Å². The van der Waals surface area contributed by atoms with Gasteiger partial charge >= 0.3 is 12.1 Å². The Bertz CT molecular complexity index is 943. The Balaban J connectivity index is 2.42. The number of rotatable bonds is 17. The van der Waals surface area contributed by atoms with Crippen LogP contribution in [0.1, 0.15) is 106 Å². The molecule has 0 heterocycles. The maximum absolute atomic E-state index is 12.7. The van der Waals surface area contributed by atoms with Gasteiger partial charge in [-0.1, -0.05) is 58.0 Å². The smallest absolute Gasteiger partial charge is 0.407 e. The van der Waals surface area contributed by atoms with E-state index in [0.29, 0.717) is 25.2 Å². The van der Waals surface area contributed by atoms with Crippen molar-refractivity contribution in [3.63, 3.8) is 0 Å². The molecular formula is C32H53N3O6. The summed E-state index contributed by atoms with van der Waals surface area (Å²) in [7, 11) is 0. The van der Waals surface area contributed by atoms with Crippen molar-refractivity contribution in [1.29, 1.82) is 0 Å². The van der Waals surface area contributed by atoms with Crippen LogP contribution in [0.3, 0.4) is 0 Å². The zero-order valence-corrected chi connectivity index (χ0v) is 26.4. The lowest BCUT2D eigenvalue weighted by molar-refractivity contribution is -0.145. The Hall–Kier alpha value is -3.10. The predicted octanol–water partition coefficient (Wildman–Crippen LogP) is 5.66. The average Bonchev–Trinajstić information content (AvgIpc) is 2.86. The van der Waals surface area contributed by atoms with E-state index in [0.717, 1.165) is 12.0 Å². The van der Waals surface area contributed by atoms with Crippen LogP contribution >= 0.6 is 0 Å². The lowest BCUT2D eigenvalue weighted by Crippen LogP contribution is -2.43. The summed E-state index contributed by atoms with van der Waals surface area (Å²) in [6.45, 7) is 15.7. The molecule has 0 spiro atoms. The average molecular weight is 576 g/mol. The van der Waals surface area contributed by atoms with Crippen molar-refractivity contribution in [2.45, 2.75) is 131 Å². The van der Waals surface area contributed by atoms with E-state index >= 15 is 0 Å². The molecule has 0 aromatic heterocycles. The van der Waals surface area contributed by atoms with Gasteiger partial charge in [0.2, 0.25) is 11.8 Å². The fourth-order valence-corrected chi connectivity index (χ4v) is 4.30. The van der Waals surface area contributed by atoms with Gasteiger partial charge < -0.3 is 25.4 Å². The summed E-state index contributed by atoms with van der Waals surface area (Å²) >= 11 is 0. The topological polar surface area (TPSA) is 123 Å². The third kappa shape index (κ3) is 18.0. The molecule has 0 saturated carbocycles. The van der Waals surface area contributed by atoms with Crippen LogP contribution in [0.4, 0.5) is 4.79 Å². The molecule has 1 aromatic rings. The first-order valence-corrected chi connectivity index (χ1v) is 14.9. The van der Waals surface area contributed by atoms with Crippen LogP contribution in [0.5, 0.6) is 0 Å². The molecule has 3 amide bonds. The minimum Gasteiger partial charge on any atom is -0.461 e. The minimum atomic E-state index is -0.589. The minimum absolute atomic E-state index is 0.101. The van der Waals surface area contributed by atoms with Gasteiger partial charge in [-0.2, -0.15) is 0 Å². The van der Waals surface area contributed by atoms with Gasteiger partial charge in [-0.3, -0.25) is 14.4 Å². The first-order valence-electron chi connectivity index (χ1n) is 14.9. The normalized spacial score (nSPS) is 13.7. The molecule has 3 N–H and O–H groups in total. The quantitative estimate of drug-likeness (QED) is 0.206. The van der Waals surface area contributed by atoms with E-state index in [4.69, 9.17) is 9.47 Å². The standard InChI is InChI=1S/C32H53N3O6/c1-22(2)20-26(15-19-30(38)40-21-25-12-10-9-11-13-25)34-29(37)17-14-24(5)33-28(36)18-16-27(23(3)4)35-31(39)41-32(6,7)8/h9-13,22-24,26-27H,14-21H2,1-8H3,(H,33,36)(H,34,37)(H,35,39)/t24-,26+,27+/m0/s1. The molecule has 0 fully saturated rings. The number of amides is 3. The number of hydrogen-bond acceptors (Lipinski definition) is 6. The summed E-state index contributed by atoms with van der Waals surface area (Å²) in [5.41, 5.74) is 0.347. The van der Waals surface area contributed by atoms with Crippen molar-refractivity contribution in [2.75, 3.05) is 0 Å². The number of esters is 1. The number of benzene rings is 1. The zero-order chi connectivity index (χ0) is 31.0.